The van der Waals surface area contributed by atoms with Gasteiger partial charge in [0.1, 0.15) is 29.9 Å². The van der Waals surface area contributed by atoms with E-state index in [-0.39, 0.29) is 19.8 Å². The molecule has 198 valence electrons. The number of carboxylic acid groups (broad SMARTS) is 1. The Labute approximate surface area is 221 Å². The fourth-order valence-electron chi connectivity index (χ4n) is 1.47. The van der Waals surface area contributed by atoms with E-state index in [0.717, 1.165) is 22.9 Å². The molecule has 2 N–H and O–H groups in total. The molecule has 0 amide bonds. The minimum atomic E-state index is -0.933. The molecule has 0 radical (unpaired) electrons. The van der Waals surface area contributed by atoms with Crippen LogP contribution >= 0.6 is 43.2 Å². The van der Waals surface area contributed by atoms with Crippen molar-refractivity contribution in [3.63, 3.8) is 0 Å². The van der Waals surface area contributed by atoms with E-state index >= 15 is 0 Å². The zero-order chi connectivity index (χ0) is 26.6. The second-order valence-electron chi connectivity index (χ2n) is 5.27. The third-order valence-corrected chi connectivity index (χ3v) is 7.13. The molecule has 2 aromatic heterocycles. The van der Waals surface area contributed by atoms with Gasteiger partial charge >= 0.3 is 11.9 Å². The van der Waals surface area contributed by atoms with Crippen molar-refractivity contribution < 1.29 is 39.1 Å². The lowest BCUT2D eigenvalue weighted by atomic mass is 10.5. The fourth-order valence-corrected chi connectivity index (χ4v) is 4.83. The standard InChI is InChI=1S/C10H12NO3S2.C7H9NOS2.C3H6O3.CH3O/c1-13-8-10(12)14-6-7-15-16-9-4-2-3-5-11-9;9-5-6-10-11-7-3-1-2-4-8-7;1-6-2-3(4)5;1-2/h2-5H,1,6-8H2;1-4,9H,5-6H2;2H2,1H3,(H,4,5);1H3/q-1;;;-1. The molecule has 0 aromatic carbocycles. The van der Waals surface area contributed by atoms with Crippen molar-refractivity contribution in [1.29, 1.82) is 0 Å². The Balaban J connectivity index is 0. The molecule has 2 rings (SSSR count). The highest BCUT2D eigenvalue weighted by Gasteiger charge is 2.00. The maximum atomic E-state index is 10.9. The number of rotatable bonds is 13. The summed E-state index contributed by atoms with van der Waals surface area (Å²) in [6, 6.07) is 11.5. The summed E-state index contributed by atoms with van der Waals surface area (Å²) in [7, 11) is 11.5. The molecule has 0 saturated carbocycles. The van der Waals surface area contributed by atoms with Gasteiger partial charge in [0.2, 0.25) is 0 Å². The van der Waals surface area contributed by atoms with E-state index in [1.54, 1.807) is 55.6 Å². The number of carbonyl (C=O) groups excluding carboxylic acids is 1. The van der Waals surface area contributed by atoms with Crippen LogP contribution in [-0.2, 0) is 23.8 Å². The Morgan fingerprint density at radius 1 is 0.971 bits per heavy atom. The first-order valence-electron chi connectivity index (χ1n) is 9.69. The molecule has 2 heterocycles. The van der Waals surface area contributed by atoms with Gasteiger partial charge in [0, 0.05) is 31.0 Å². The second kappa shape index (κ2) is 28.7. The van der Waals surface area contributed by atoms with Crippen LogP contribution in [0.25, 0.3) is 0 Å². The molecule has 0 saturated heterocycles. The summed E-state index contributed by atoms with van der Waals surface area (Å²) < 4.78 is 13.4. The zero-order valence-electron chi connectivity index (χ0n) is 19.4. The summed E-state index contributed by atoms with van der Waals surface area (Å²) >= 11 is 0. The topological polar surface area (TPSA) is 151 Å². The number of nitrogens with zero attached hydrogens (tertiary/aromatic N) is 2. The maximum absolute atomic E-state index is 10.9. The molecular weight excluding hydrogens is 537 g/mol. The van der Waals surface area contributed by atoms with E-state index in [0.29, 0.717) is 12.4 Å². The van der Waals surface area contributed by atoms with Crippen molar-refractivity contribution in [1.82, 2.24) is 9.97 Å². The van der Waals surface area contributed by atoms with Crippen LogP contribution < -0.4 is 5.11 Å². The van der Waals surface area contributed by atoms with Gasteiger partial charge < -0.3 is 29.5 Å². The number of aliphatic hydroxyl groups excluding tert-OH is 1. The highest BCUT2D eigenvalue weighted by molar-refractivity contribution is 8.77. The van der Waals surface area contributed by atoms with Crippen molar-refractivity contribution in [2.24, 2.45) is 0 Å². The molecule has 0 fully saturated rings. The molecule has 0 spiro atoms. The zero-order valence-corrected chi connectivity index (χ0v) is 22.7. The Hall–Kier alpha value is -1.52. The normalized spacial score (nSPS) is 9.29. The van der Waals surface area contributed by atoms with Crippen LogP contribution in [0.4, 0.5) is 0 Å². The number of aliphatic carboxylic acids is 1. The third kappa shape index (κ3) is 26.9. The van der Waals surface area contributed by atoms with Gasteiger partial charge in [-0.2, -0.15) is 7.11 Å². The summed E-state index contributed by atoms with van der Waals surface area (Å²) in [5, 5.41) is 26.5. The number of esters is 1. The number of aromatic nitrogens is 2. The first-order chi connectivity index (χ1) is 17.0. The SMILES string of the molecule is COCC(=O)O.C[O-].OCCSSc1ccccn1.[CH2-]OCC(=O)OCCSSc1ccccn1. The minimum Gasteiger partial charge on any atom is -0.857 e. The van der Waals surface area contributed by atoms with E-state index in [1.807, 2.05) is 36.4 Å². The molecule has 2 aromatic rings. The predicted octanol–water partition coefficient (Wildman–Crippen LogP) is 2.68. The number of aliphatic hydroxyl groups is 1. The number of carboxylic acids is 1. The summed E-state index contributed by atoms with van der Waals surface area (Å²) in [6.45, 7) is 0.287. The van der Waals surface area contributed by atoms with Crippen LogP contribution in [0.15, 0.2) is 58.8 Å². The lowest BCUT2D eigenvalue weighted by Gasteiger charge is -2.05. The molecule has 0 bridgehead atoms. The van der Waals surface area contributed by atoms with Crippen LogP contribution in [0.1, 0.15) is 0 Å². The first-order valence-corrected chi connectivity index (χ1v) is 14.3. The van der Waals surface area contributed by atoms with E-state index in [4.69, 9.17) is 20.1 Å². The van der Waals surface area contributed by atoms with Crippen molar-refractivity contribution in [2.45, 2.75) is 10.1 Å². The average molecular weight is 567 g/mol. The van der Waals surface area contributed by atoms with Crippen LogP contribution in [-0.4, -0.2) is 84.3 Å². The van der Waals surface area contributed by atoms with Crippen LogP contribution in [0.5, 0.6) is 0 Å². The minimum absolute atomic E-state index is 0.0992. The third-order valence-electron chi connectivity index (χ3n) is 2.66. The second-order valence-corrected chi connectivity index (χ2v) is 10.1. The van der Waals surface area contributed by atoms with Crippen molar-refractivity contribution >= 4 is 55.1 Å². The number of pyridine rings is 2. The van der Waals surface area contributed by atoms with Crippen LogP contribution in [0.2, 0.25) is 0 Å². The molecule has 0 aliphatic carbocycles. The molecule has 0 aliphatic heterocycles. The Bertz CT molecular complexity index is 734. The number of methoxy groups -OCH3 is 1. The molecule has 0 aliphatic rings. The highest BCUT2D eigenvalue weighted by Crippen LogP contribution is 2.28. The van der Waals surface area contributed by atoms with Gasteiger partial charge in [-0.05, 0) is 45.9 Å². The summed E-state index contributed by atoms with van der Waals surface area (Å²) in [5.41, 5.74) is 0. The predicted molar refractivity (Wildman–Crippen MR) is 140 cm³/mol. The van der Waals surface area contributed by atoms with Crippen molar-refractivity contribution in [3.05, 3.63) is 55.9 Å². The quantitative estimate of drug-likeness (QED) is 0.158. The summed E-state index contributed by atoms with van der Waals surface area (Å²) in [5.74, 6) is 0.140. The molecule has 10 nitrogen and oxygen atoms in total. The van der Waals surface area contributed by atoms with Crippen LogP contribution in [0, 0.1) is 7.11 Å². The van der Waals surface area contributed by atoms with Gasteiger partial charge in [0.05, 0.1) is 6.61 Å². The number of hydrogen-bond acceptors (Lipinski definition) is 13. The number of carbonyl (C=O) groups is 2. The summed E-state index contributed by atoms with van der Waals surface area (Å²) in [4.78, 5) is 28.6. The van der Waals surface area contributed by atoms with E-state index in [9.17, 15) is 9.59 Å². The van der Waals surface area contributed by atoms with Gasteiger partial charge in [0.15, 0.2) is 0 Å². The number of ether oxygens (including phenoxy) is 3. The smallest absolute Gasteiger partial charge is 0.329 e. The maximum Gasteiger partial charge on any atom is 0.329 e. The van der Waals surface area contributed by atoms with E-state index in [2.05, 4.69) is 26.6 Å². The number of hydrogen-bond donors (Lipinski definition) is 2. The lowest BCUT2D eigenvalue weighted by molar-refractivity contribution is -0.325. The van der Waals surface area contributed by atoms with Gasteiger partial charge in [-0.1, -0.05) is 33.7 Å². The average Bonchev–Trinajstić information content (AvgIpc) is 2.87. The highest BCUT2D eigenvalue weighted by atomic mass is 33.1. The summed E-state index contributed by atoms with van der Waals surface area (Å²) in [6.07, 6.45) is 3.51. The largest absolute Gasteiger partial charge is 0.857 e. The molecule has 14 heteroatoms. The van der Waals surface area contributed by atoms with E-state index < -0.39 is 11.9 Å². The van der Waals surface area contributed by atoms with Gasteiger partial charge in [-0.25, -0.2) is 26.7 Å². The van der Waals surface area contributed by atoms with E-state index in [1.165, 1.54) is 7.11 Å². The molecule has 35 heavy (non-hydrogen) atoms. The Morgan fingerprint density at radius 2 is 1.51 bits per heavy atom. The monoisotopic (exact) mass is 566 g/mol. The molecule has 0 unspecified atom stereocenters. The lowest BCUT2D eigenvalue weighted by Crippen LogP contribution is -2.12. The van der Waals surface area contributed by atoms with Crippen LogP contribution in [0.3, 0.4) is 0 Å². The first kappa shape index (κ1) is 35.6. The Kier molecular flexibility index (Phi) is 29.2. The van der Waals surface area contributed by atoms with Gasteiger partial charge in [0.25, 0.3) is 0 Å². The Morgan fingerprint density at radius 3 is 1.89 bits per heavy atom. The van der Waals surface area contributed by atoms with Crippen molar-refractivity contribution in [3.8, 4) is 0 Å². The van der Waals surface area contributed by atoms with Gasteiger partial charge in [-0.15, -0.1) is 0 Å². The molecular formula is C21H30N2O8S4-2. The molecule has 0 atom stereocenters. The van der Waals surface area contributed by atoms with Gasteiger partial charge in [-0.3, -0.25) is 0 Å². The van der Waals surface area contributed by atoms with Crippen molar-refractivity contribution in [2.75, 3.05) is 52.2 Å². The fraction of sp³-hybridized carbons (Fsp3) is 0.381.